The molecule has 1 aliphatic carbocycles. The number of ether oxygens (including phenoxy) is 1. The zero-order valence-electron chi connectivity index (χ0n) is 11.0. The Hall–Kier alpha value is -1.95. The second kappa shape index (κ2) is 5.20. The van der Waals surface area contributed by atoms with Crippen molar-refractivity contribution in [1.29, 1.82) is 0 Å². The second-order valence-electron chi connectivity index (χ2n) is 4.96. The normalized spacial score (nSPS) is 20.6. The zero-order chi connectivity index (χ0) is 14.1. The monoisotopic (exact) mass is 290 g/mol. The topological polar surface area (TPSA) is 68.3 Å². The van der Waals surface area contributed by atoms with Crippen LogP contribution in [0.1, 0.15) is 13.3 Å². The van der Waals surface area contributed by atoms with Crippen molar-refractivity contribution in [2.75, 3.05) is 11.9 Å². The summed E-state index contributed by atoms with van der Waals surface area (Å²) in [5, 5.41) is 3.17. The van der Waals surface area contributed by atoms with Crippen LogP contribution in [0.3, 0.4) is 0 Å². The molecule has 2 atom stereocenters. The highest BCUT2D eigenvalue weighted by Gasteiger charge is 2.40. The number of fused-ring (bicyclic) bond motifs is 1. The van der Waals surface area contributed by atoms with Crippen molar-refractivity contribution in [2.45, 2.75) is 13.3 Å². The molecule has 0 saturated heterocycles. The third kappa shape index (κ3) is 2.80. The predicted octanol–water partition coefficient (Wildman–Crippen LogP) is 2.43. The van der Waals surface area contributed by atoms with Gasteiger partial charge in [-0.3, -0.25) is 14.9 Å². The maximum absolute atomic E-state index is 11.7. The number of benzene rings is 1. The fourth-order valence-corrected chi connectivity index (χ4v) is 2.86. The molecule has 1 aromatic heterocycles. The van der Waals surface area contributed by atoms with E-state index in [0.29, 0.717) is 11.0 Å². The van der Waals surface area contributed by atoms with Gasteiger partial charge in [0.25, 0.3) is 5.91 Å². The van der Waals surface area contributed by atoms with Gasteiger partial charge in [0, 0.05) is 0 Å². The van der Waals surface area contributed by atoms with Gasteiger partial charge in [-0.1, -0.05) is 30.4 Å². The summed E-state index contributed by atoms with van der Waals surface area (Å²) in [6.45, 7) is 1.74. The Morgan fingerprint density at radius 3 is 2.90 bits per heavy atom. The highest BCUT2D eigenvalue weighted by atomic mass is 32.1. The largest absolute Gasteiger partial charge is 0.455 e. The lowest BCUT2D eigenvalue weighted by Gasteiger charge is -2.03. The van der Waals surface area contributed by atoms with Crippen LogP contribution in [-0.4, -0.2) is 23.5 Å². The Kier molecular flexibility index (Phi) is 3.40. The number of rotatable bonds is 4. The van der Waals surface area contributed by atoms with E-state index in [0.717, 1.165) is 16.6 Å². The van der Waals surface area contributed by atoms with Gasteiger partial charge >= 0.3 is 5.97 Å². The van der Waals surface area contributed by atoms with Crippen molar-refractivity contribution >= 4 is 38.6 Å². The van der Waals surface area contributed by atoms with Crippen molar-refractivity contribution in [3.05, 3.63) is 24.3 Å². The van der Waals surface area contributed by atoms with Crippen molar-refractivity contribution in [1.82, 2.24) is 4.98 Å². The summed E-state index contributed by atoms with van der Waals surface area (Å²) < 4.78 is 5.98. The number of hydrogen-bond acceptors (Lipinski definition) is 5. The minimum Gasteiger partial charge on any atom is -0.455 e. The van der Waals surface area contributed by atoms with Crippen LogP contribution in [0.4, 0.5) is 5.13 Å². The molecule has 2 unspecified atom stereocenters. The Bertz CT molecular complexity index is 634. The van der Waals surface area contributed by atoms with E-state index in [4.69, 9.17) is 4.74 Å². The van der Waals surface area contributed by atoms with Crippen LogP contribution in [0.25, 0.3) is 10.2 Å². The van der Waals surface area contributed by atoms with Crippen LogP contribution in [0, 0.1) is 11.8 Å². The van der Waals surface area contributed by atoms with E-state index in [2.05, 4.69) is 10.3 Å². The number of nitrogens with one attached hydrogen (secondary N) is 1. The average molecular weight is 290 g/mol. The number of amides is 1. The molecule has 1 fully saturated rings. The molecule has 0 spiro atoms. The van der Waals surface area contributed by atoms with Gasteiger partial charge in [-0.05, 0) is 24.5 Å². The van der Waals surface area contributed by atoms with Gasteiger partial charge < -0.3 is 4.74 Å². The number of hydrogen-bond donors (Lipinski definition) is 1. The highest BCUT2D eigenvalue weighted by Crippen LogP contribution is 2.38. The molecule has 20 heavy (non-hydrogen) atoms. The van der Waals surface area contributed by atoms with E-state index in [9.17, 15) is 9.59 Å². The molecule has 3 rings (SSSR count). The number of anilines is 1. The summed E-state index contributed by atoms with van der Waals surface area (Å²) in [5.41, 5.74) is 0.844. The lowest BCUT2D eigenvalue weighted by molar-refractivity contribution is -0.148. The van der Waals surface area contributed by atoms with E-state index in [1.165, 1.54) is 11.3 Å². The average Bonchev–Trinajstić information content (AvgIpc) is 3.01. The number of thiazole rings is 1. The molecule has 1 N–H and O–H groups in total. The van der Waals surface area contributed by atoms with Gasteiger partial charge in [-0.15, -0.1) is 0 Å². The quantitative estimate of drug-likeness (QED) is 0.878. The molecule has 0 aliphatic heterocycles. The molecule has 2 aromatic rings. The predicted molar refractivity (Wildman–Crippen MR) is 76.5 cm³/mol. The lowest BCUT2D eigenvalue weighted by Crippen LogP contribution is -2.21. The van der Waals surface area contributed by atoms with Crippen molar-refractivity contribution in [3.8, 4) is 0 Å². The SMILES string of the molecule is CC1CC1C(=O)OCC(=O)Nc1nc2ccccc2s1. The minimum absolute atomic E-state index is 0.0229. The van der Waals surface area contributed by atoms with Crippen LogP contribution in [0.15, 0.2) is 24.3 Å². The molecule has 1 aliphatic rings. The third-order valence-electron chi connectivity index (χ3n) is 3.30. The number of carbonyl (C=O) groups excluding carboxylic acids is 2. The number of carbonyl (C=O) groups is 2. The highest BCUT2D eigenvalue weighted by molar-refractivity contribution is 7.22. The van der Waals surface area contributed by atoms with Crippen molar-refractivity contribution in [2.24, 2.45) is 11.8 Å². The fourth-order valence-electron chi connectivity index (χ4n) is 1.98. The molecule has 1 aromatic carbocycles. The molecule has 5 nitrogen and oxygen atoms in total. The summed E-state index contributed by atoms with van der Waals surface area (Å²) in [5.74, 6) is -0.275. The first-order valence-electron chi connectivity index (χ1n) is 6.45. The first kappa shape index (κ1) is 13.1. The maximum Gasteiger partial charge on any atom is 0.309 e. The van der Waals surface area contributed by atoms with E-state index < -0.39 is 0 Å². The molecular formula is C14H14N2O3S. The molecule has 0 bridgehead atoms. The summed E-state index contributed by atoms with van der Waals surface area (Å²) in [7, 11) is 0. The molecule has 0 radical (unpaired) electrons. The standard InChI is InChI=1S/C14H14N2O3S/c1-8-6-9(8)13(18)19-7-12(17)16-14-15-10-4-2-3-5-11(10)20-14/h2-5,8-9H,6-7H2,1H3,(H,15,16,17). The summed E-state index contributed by atoms with van der Waals surface area (Å²) in [4.78, 5) is 27.5. The van der Waals surface area contributed by atoms with Crippen LogP contribution in [-0.2, 0) is 14.3 Å². The van der Waals surface area contributed by atoms with Crippen LogP contribution < -0.4 is 5.32 Å². The molecule has 104 valence electrons. The Labute approximate surface area is 120 Å². The third-order valence-corrected chi connectivity index (χ3v) is 4.25. The van der Waals surface area contributed by atoms with E-state index in [-0.39, 0.29) is 24.4 Å². The van der Waals surface area contributed by atoms with Gasteiger partial charge in [0.05, 0.1) is 16.1 Å². The molecule has 6 heteroatoms. The van der Waals surface area contributed by atoms with Crippen molar-refractivity contribution in [3.63, 3.8) is 0 Å². The Morgan fingerprint density at radius 1 is 1.45 bits per heavy atom. The molecular weight excluding hydrogens is 276 g/mol. The van der Waals surface area contributed by atoms with Gasteiger partial charge in [-0.2, -0.15) is 0 Å². The summed E-state index contributed by atoms with van der Waals surface area (Å²) in [6, 6.07) is 7.64. The Morgan fingerprint density at radius 2 is 2.20 bits per heavy atom. The van der Waals surface area contributed by atoms with Gasteiger partial charge in [0.1, 0.15) is 0 Å². The molecule has 1 heterocycles. The summed E-state index contributed by atoms with van der Waals surface area (Å²) >= 11 is 1.40. The van der Waals surface area contributed by atoms with E-state index in [1.807, 2.05) is 31.2 Å². The first-order chi connectivity index (χ1) is 9.63. The Balaban J connectivity index is 1.54. The second-order valence-corrected chi connectivity index (χ2v) is 5.99. The fraction of sp³-hybridized carbons (Fsp3) is 0.357. The van der Waals surface area contributed by atoms with Crippen LogP contribution in [0.2, 0.25) is 0 Å². The smallest absolute Gasteiger partial charge is 0.309 e. The van der Waals surface area contributed by atoms with E-state index >= 15 is 0 Å². The van der Waals surface area contributed by atoms with Crippen LogP contribution >= 0.6 is 11.3 Å². The van der Waals surface area contributed by atoms with Crippen LogP contribution in [0.5, 0.6) is 0 Å². The summed E-state index contributed by atoms with van der Waals surface area (Å²) in [6.07, 6.45) is 0.859. The van der Waals surface area contributed by atoms with Gasteiger partial charge in [-0.25, -0.2) is 4.98 Å². The molecule has 1 amide bonds. The first-order valence-corrected chi connectivity index (χ1v) is 7.27. The lowest BCUT2D eigenvalue weighted by atomic mass is 10.3. The maximum atomic E-state index is 11.7. The van der Waals surface area contributed by atoms with Crippen molar-refractivity contribution < 1.29 is 14.3 Å². The molecule has 1 saturated carbocycles. The number of para-hydroxylation sites is 1. The number of nitrogens with zero attached hydrogens (tertiary/aromatic N) is 1. The number of aromatic nitrogens is 1. The van der Waals surface area contributed by atoms with E-state index in [1.54, 1.807) is 0 Å². The minimum atomic E-state index is -0.356. The van der Waals surface area contributed by atoms with Gasteiger partial charge in [0.2, 0.25) is 0 Å². The van der Waals surface area contributed by atoms with Gasteiger partial charge in [0.15, 0.2) is 11.7 Å². The zero-order valence-corrected chi connectivity index (χ0v) is 11.8. The number of esters is 1.